The standard InChI is InChI=1S/C13H16ClFN2O/c14-12(15)13(18)16-11-6-2-1-5-10(11)9-17-7-3-4-8-17/h1-2,5-6,12H,3-4,7-9H2,(H,16,18). The third-order valence-corrected chi connectivity index (χ3v) is 3.26. The molecule has 3 nitrogen and oxygen atoms in total. The van der Waals surface area contributed by atoms with Gasteiger partial charge in [0.2, 0.25) is 0 Å². The fourth-order valence-corrected chi connectivity index (χ4v) is 2.20. The van der Waals surface area contributed by atoms with Crippen LogP contribution >= 0.6 is 11.6 Å². The summed E-state index contributed by atoms with van der Waals surface area (Å²) in [6.45, 7) is 2.92. The van der Waals surface area contributed by atoms with E-state index < -0.39 is 11.5 Å². The summed E-state index contributed by atoms with van der Waals surface area (Å²) in [5.41, 5.74) is -0.382. The van der Waals surface area contributed by atoms with Crippen LogP contribution in [-0.4, -0.2) is 29.5 Å². The van der Waals surface area contributed by atoms with Gasteiger partial charge in [-0.1, -0.05) is 29.8 Å². The number of amides is 1. The Morgan fingerprint density at radius 3 is 2.72 bits per heavy atom. The molecule has 1 N–H and O–H groups in total. The summed E-state index contributed by atoms with van der Waals surface area (Å²) in [7, 11) is 0. The minimum absolute atomic E-state index is 0.637. The molecule has 1 aromatic carbocycles. The van der Waals surface area contributed by atoms with E-state index in [0.717, 1.165) is 25.2 Å². The number of alkyl halides is 2. The van der Waals surface area contributed by atoms with Gasteiger partial charge in [-0.25, -0.2) is 4.39 Å². The number of hydrogen-bond acceptors (Lipinski definition) is 2. The van der Waals surface area contributed by atoms with Gasteiger partial charge < -0.3 is 5.32 Å². The van der Waals surface area contributed by atoms with Gasteiger partial charge in [-0.3, -0.25) is 9.69 Å². The van der Waals surface area contributed by atoms with Crippen molar-refractivity contribution in [3.8, 4) is 0 Å². The SMILES string of the molecule is O=C(Nc1ccccc1CN1CCCC1)C(F)Cl. The number of anilines is 1. The quantitative estimate of drug-likeness (QED) is 0.854. The van der Waals surface area contributed by atoms with Crippen LogP contribution in [0.3, 0.4) is 0 Å². The molecule has 5 heteroatoms. The molecule has 1 aliphatic heterocycles. The summed E-state index contributed by atoms with van der Waals surface area (Å²) in [6.07, 6.45) is 2.42. The summed E-state index contributed by atoms with van der Waals surface area (Å²) < 4.78 is 12.7. The van der Waals surface area contributed by atoms with Crippen LogP contribution in [0.15, 0.2) is 24.3 Å². The first-order chi connectivity index (χ1) is 8.66. The Labute approximate surface area is 111 Å². The highest BCUT2D eigenvalue weighted by molar-refractivity contribution is 6.31. The number of likely N-dealkylation sites (tertiary alicyclic amines) is 1. The van der Waals surface area contributed by atoms with E-state index in [9.17, 15) is 9.18 Å². The van der Waals surface area contributed by atoms with Crippen LogP contribution in [0.1, 0.15) is 18.4 Å². The maximum atomic E-state index is 12.7. The first-order valence-electron chi connectivity index (χ1n) is 6.06. The van der Waals surface area contributed by atoms with Gasteiger partial charge in [-0.2, -0.15) is 0 Å². The number of hydrogen-bond donors (Lipinski definition) is 1. The molecular formula is C13H16ClFN2O. The summed E-state index contributed by atoms with van der Waals surface area (Å²) in [4.78, 5) is 13.6. The third kappa shape index (κ3) is 3.43. The lowest BCUT2D eigenvalue weighted by molar-refractivity contribution is -0.118. The fourth-order valence-electron chi connectivity index (χ4n) is 2.15. The number of carbonyl (C=O) groups is 1. The number of benzene rings is 1. The highest BCUT2D eigenvalue weighted by atomic mass is 35.5. The number of carbonyl (C=O) groups excluding carboxylic acids is 1. The lowest BCUT2D eigenvalue weighted by Gasteiger charge is -2.17. The molecule has 1 heterocycles. The molecule has 98 valence electrons. The Balaban J connectivity index is 2.07. The number of nitrogens with zero attached hydrogens (tertiary/aromatic N) is 1. The van der Waals surface area contributed by atoms with E-state index in [1.54, 1.807) is 6.07 Å². The zero-order valence-corrected chi connectivity index (χ0v) is 10.8. The van der Waals surface area contributed by atoms with Crippen molar-refractivity contribution in [3.63, 3.8) is 0 Å². The second kappa shape index (κ2) is 6.16. The van der Waals surface area contributed by atoms with E-state index in [-0.39, 0.29) is 0 Å². The Morgan fingerprint density at radius 1 is 1.39 bits per heavy atom. The van der Waals surface area contributed by atoms with Crippen LogP contribution < -0.4 is 5.32 Å². The average Bonchev–Trinajstić information content (AvgIpc) is 2.84. The predicted octanol–water partition coefficient (Wildman–Crippen LogP) is 2.76. The lowest BCUT2D eigenvalue weighted by atomic mass is 10.1. The molecular weight excluding hydrogens is 255 g/mol. The van der Waals surface area contributed by atoms with Crippen molar-refractivity contribution in [1.29, 1.82) is 0 Å². The molecule has 1 atom stereocenters. The predicted molar refractivity (Wildman–Crippen MR) is 70.3 cm³/mol. The maximum Gasteiger partial charge on any atom is 0.274 e. The van der Waals surface area contributed by atoms with Crippen molar-refractivity contribution in [1.82, 2.24) is 4.90 Å². The van der Waals surface area contributed by atoms with Gasteiger partial charge in [0.15, 0.2) is 0 Å². The second-order valence-electron chi connectivity index (χ2n) is 4.43. The number of nitrogens with one attached hydrogen (secondary N) is 1. The van der Waals surface area contributed by atoms with E-state index in [4.69, 9.17) is 11.6 Å². The van der Waals surface area contributed by atoms with Crippen LogP contribution in [0.25, 0.3) is 0 Å². The van der Waals surface area contributed by atoms with Gasteiger partial charge in [0.05, 0.1) is 0 Å². The molecule has 1 saturated heterocycles. The first kappa shape index (κ1) is 13.3. The van der Waals surface area contributed by atoms with E-state index in [1.165, 1.54) is 12.8 Å². The monoisotopic (exact) mass is 270 g/mol. The summed E-state index contributed by atoms with van der Waals surface area (Å²) in [5.74, 6) is -0.814. The molecule has 1 amide bonds. The van der Waals surface area contributed by atoms with Gasteiger partial charge >= 0.3 is 0 Å². The normalized spacial score (nSPS) is 17.7. The van der Waals surface area contributed by atoms with Crippen molar-refractivity contribution >= 4 is 23.2 Å². The van der Waals surface area contributed by atoms with Gasteiger partial charge in [0.1, 0.15) is 0 Å². The van der Waals surface area contributed by atoms with Crippen LogP contribution in [0, 0.1) is 0 Å². The topological polar surface area (TPSA) is 32.3 Å². The Bertz CT molecular complexity index is 419. The molecule has 1 aliphatic rings. The number of para-hydroxylation sites is 1. The summed E-state index contributed by atoms with van der Waals surface area (Å²) >= 11 is 5.11. The van der Waals surface area contributed by atoms with Crippen molar-refractivity contribution in [2.45, 2.75) is 25.0 Å². The Kier molecular flexibility index (Phi) is 4.55. The van der Waals surface area contributed by atoms with Crippen molar-refractivity contribution in [2.75, 3.05) is 18.4 Å². The molecule has 1 unspecified atom stereocenters. The molecule has 0 aliphatic carbocycles. The molecule has 0 aromatic heterocycles. The van der Waals surface area contributed by atoms with Crippen LogP contribution in [-0.2, 0) is 11.3 Å². The molecule has 0 radical (unpaired) electrons. The maximum absolute atomic E-state index is 12.7. The highest BCUT2D eigenvalue weighted by Crippen LogP contribution is 2.20. The summed E-state index contributed by atoms with van der Waals surface area (Å²) in [6, 6.07) is 7.43. The first-order valence-corrected chi connectivity index (χ1v) is 6.50. The van der Waals surface area contributed by atoms with Crippen LogP contribution in [0.2, 0.25) is 0 Å². The molecule has 0 spiro atoms. The van der Waals surface area contributed by atoms with Gasteiger partial charge in [0.25, 0.3) is 11.5 Å². The minimum atomic E-state index is -2.01. The van der Waals surface area contributed by atoms with Crippen molar-refractivity contribution in [3.05, 3.63) is 29.8 Å². The van der Waals surface area contributed by atoms with Gasteiger partial charge in [0, 0.05) is 12.2 Å². The van der Waals surface area contributed by atoms with Crippen molar-refractivity contribution < 1.29 is 9.18 Å². The fraction of sp³-hybridized carbons (Fsp3) is 0.462. The Hall–Kier alpha value is -1.13. The van der Waals surface area contributed by atoms with E-state index >= 15 is 0 Å². The molecule has 1 fully saturated rings. The largest absolute Gasteiger partial charge is 0.322 e. The zero-order valence-electron chi connectivity index (χ0n) is 10.0. The lowest BCUT2D eigenvalue weighted by Crippen LogP contribution is -2.23. The van der Waals surface area contributed by atoms with Crippen molar-refractivity contribution in [2.24, 2.45) is 0 Å². The smallest absolute Gasteiger partial charge is 0.274 e. The molecule has 1 aromatic rings. The zero-order chi connectivity index (χ0) is 13.0. The van der Waals surface area contributed by atoms with Crippen LogP contribution in [0.4, 0.5) is 10.1 Å². The highest BCUT2D eigenvalue weighted by Gasteiger charge is 2.17. The second-order valence-corrected chi connectivity index (χ2v) is 4.81. The average molecular weight is 271 g/mol. The number of rotatable bonds is 4. The van der Waals surface area contributed by atoms with Gasteiger partial charge in [-0.05, 0) is 37.6 Å². The Morgan fingerprint density at radius 2 is 2.06 bits per heavy atom. The molecule has 0 bridgehead atoms. The minimum Gasteiger partial charge on any atom is -0.322 e. The van der Waals surface area contributed by atoms with Gasteiger partial charge in [-0.15, -0.1) is 0 Å². The van der Waals surface area contributed by atoms with Crippen LogP contribution in [0.5, 0.6) is 0 Å². The number of halogens is 2. The molecule has 2 rings (SSSR count). The summed E-state index contributed by atoms with van der Waals surface area (Å²) in [5, 5.41) is 2.51. The van der Waals surface area contributed by atoms with E-state index in [0.29, 0.717) is 5.69 Å². The molecule has 18 heavy (non-hydrogen) atoms. The third-order valence-electron chi connectivity index (χ3n) is 3.07. The molecule has 0 saturated carbocycles. The van der Waals surface area contributed by atoms with E-state index in [1.807, 2.05) is 18.2 Å². The van der Waals surface area contributed by atoms with E-state index in [2.05, 4.69) is 10.2 Å².